The molecule has 0 bridgehead atoms. The average molecular weight is 284 g/mol. The highest BCUT2D eigenvalue weighted by atomic mass is 16.5. The standard InChI is InChI=1S/C13H24N4O3/c1-8(18)7-17(6)12(19)14-9(2)10-15-11(16-20-10)13(3,4)5/h8-9,18H,7H2,1-6H3,(H,14,19). The minimum absolute atomic E-state index is 0.200. The van der Waals surface area contributed by atoms with E-state index in [-0.39, 0.29) is 24.0 Å². The number of aromatic nitrogens is 2. The fourth-order valence-electron chi connectivity index (χ4n) is 1.55. The van der Waals surface area contributed by atoms with E-state index in [0.29, 0.717) is 11.7 Å². The molecule has 0 aromatic carbocycles. The quantitative estimate of drug-likeness (QED) is 0.873. The number of aliphatic hydroxyl groups excluding tert-OH is 1. The van der Waals surface area contributed by atoms with Crippen LogP contribution in [0.15, 0.2) is 4.52 Å². The zero-order valence-electron chi connectivity index (χ0n) is 13.0. The molecular formula is C13H24N4O3. The smallest absolute Gasteiger partial charge is 0.317 e. The van der Waals surface area contributed by atoms with Crippen LogP contribution in [0.1, 0.15) is 52.4 Å². The van der Waals surface area contributed by atoms with Crippen LogP contribution in [0, 0.1) is 0 Å². The molecule has 0 aliphatic carbocycles. The highest BCUT2D eigenvalue weighted by Gasteiger charge is 2.24. The van der Waals surface area contributed by atoms with E-state index >= 15 is 0 Å². The van der Waals surface area contributed by atoms with Crippen LogP contribution in [0.25, 0.3) is 0 Å². The fourth-order valence-corrected chi connectivity index (χ4v) is 1.55. The molecule has 1 aromatic heterocycles. The Morgan fingerprint density at radius 1 is 1.45 bits per heavy atom. The molecule has 2 atom stereocenters. The monoisotopic (exact) mass is 284 g/mol. The molecule has 7 nitrogen and oxygen atoms in total. The van der Waals surface area contributed by atoms with Gasteiger partial charge in [0.25, 0.3) is 0 Å². The van der Waals surface area contributed by atoms with E-state index in [9.17, 15) is 9.90 Å². The molecule has 2 amide bonds. The molecule has 0 spiro atoms. The Morgan fingerprint density at radius 2 is 2.05 bits per heavy atom. The fraction of sp³-hybridized carbons (Fsp3) is 0.769. The van der Waals surface area contributed by atoms with Crippen molar-refractivity contribution >= 4 is 6.03 Å². The Bertz CT molecular complexity index is 451. The van der Waals surface area contributed by atoms with E-state index in [1.165, 1.54) is 4.90 Å². The molecule has 1 heterocycles. The molecule has 1 aromatic rings. The van der Waals surface area contributed by atoms with E-state index in [1.54, 1.807) is 20.9 Å². The second-order valence-electron chi connectivity index (χ2n) is 6.11. The highest BCUT2D eigenvalue weighted by Crippen LogP contribution is 2.20. The summed E-state index contributed by atoms with van der Waals surface area (Å²) < 4.78 is 5.17. The Hall–Kier alpha value is -1.63. The van der Waals surface area contributed by atoms with Crippen molar-refractivity contribution in [2.45, 2.75) is 52.2 Å². The molecule has 2 N–H and O–H groups in total. The zero-order chi connectivity index (χ0) is 15.5. The predicted octanol–water partition coefficient (Wildman–Crippen LogP) is 1.45. The molecule has 0 saturated heterocycles. The van der Waals surface area contributed by atoms with Crippen LogP contribution in [0.5, 0.6) is 0 Å². The van der Waals surface area contributed by atoms with Crippen molar-refractivity contribution in [2.75, 3.05) is 13.6 Å². The number of amides is 2. The average Bonchev–Trinajstić information content (AvgIpc) is 2.76. The number of aliphatic hydroxyl groups is 1. The molecule has 0 aliphatic rings. The van der Waals surface area contributed by atoms with Gasteiger partial charge in [0.2, 0.25) is 5.89 Å². The molecule has 0 saturated carbocycles. The van der Waals surface area contributed by atoms with Gasteiger partial charge in [-0.25, -0.2) is 4.79 Å². The molecule has 1 rings (SSSR count). The first-order valence-electron chi connectivity index (χ1n) is 6.65. The van der Waals surface area contributed by atoms with Gasteiger partial charge in [0.1, 0.15) is 6.04 Å². The predicted molar refractivity (Wildman–Crippen MR) is 74.3 cm³/mol. The van der Waals surface area contributed by atoms with Gasteiger partial charge < -0.3 is 19.8 Å². The number of hydrogen-bond acceptors (Lipinski definition) is 5. The summed E-state index contributed by atoms with van der Waals surface area (Å²) in [5.41, 5.74) is -0.200. The number of nitrogens with zero attached hydrogens (tertiary/aromatic N) is 3. The van der Waals surface area contributed by atoms with Crippen molar-refractivity contribution in [1.82, 2.24) is 20.4 Å². The molecule has 0 radical (unpaired) electrons. The Morgan fingerprint density at radius 3 is 2.50 bits per heavy atom. The lowest BCUT2D eigenvalue weighted by Gasteiger charge is -2.21. The SMILES string of the molecule is CC(O)CN(C)C(=O)NC(C)c1nc(C(C)(C)C)no1. The first-order valence-corrected chi connectivity index (χ1v) is 6.65. The summed E-state index contributed by atoms with van der Waals surface area (Å²) in [6.45, 7) is 9.62. The summed E-state index contributed by atoms with van der Waals surface area (Å²) in [5.74, 6) is 0.972. The van der Waals surface area contributed by atoms with Gasteiger partial charge in [0, 0.05) is 19.0 Å². The molecule has 114 valence electrons. The van der Waals surface area contributed by atoms with Crippen LogP contribution in [0.2, 0.25) is 0 Å². The van der Waals surface area contributed by atoms with Gasteiger partial charge in [-0.15, -0.1) is 0 Å². The van der Waals surface area contributed by atoms with Gasteiger partial charge in [-0.05, 0) is 13.8 Å². The number of hydrogen-bond donors (Lipinski definition) is 2. The van der Waals surface area contributed by atoms with Crippen molar-refractivity contribution in [2.24, 2.45) is 0 Å². The Balaban J connectivity index is 2.65. The lowest BCUT2D eigenvalue weighted by atomic mass is 9.96. The summed E-state index contributed by atoms with van der Waals surface area (Å²) in [5, 5.41) is 15.9. The molecule has 0 fully saturated rings. The van der Waals surface area contributed by atoms with Crippen molar-refractivity contribution < 1.29 is 14.4 Å². The van der Waals surface area contributed by atoms with Crippen molar-refractivity contribution in [3.8, 4) is 0 Å². The van der Waals surface area contributed by atoms with Gasteiger partial charge in [0.15, 0.2) is 5.82 Å². The van der Waals surface area contributed by atoms with Crippen LogP contribution in [0.4, 0.5) is 4.79 Å². The normalized spacial score (nSPS) is 14.8. The zero-order valence-corrected chi connectivity index (χ0v) is 13.0. The largest absolute Gasteiger partial charge is 0.392 e. The summed E-state index contributed by atoms with van der Waals surface area (Å²) in [6.07, 6.45) is -0.572. The van der Waals surface area contributed by atoms with Gasteiger partial charge >= 0.3 is 6.03 Å². The van der Waals surface area contributed by atoms with Crippen molar-refractivity contribution in [3.63, 3.8) is 0 Å². The summed E-state index contributed by atoms with van der Waals surface area (Å²) in [6, 6.07) is -0.684. The molecular weight excluding hydrogens is 260 g/mol. The van der Waals surface area contributed by atoms with Gasteiger partial charge in [-0.3, -0.25) is 0 Å². The third kappa shape index (κ3) is 4.48. The molecule has 0 aliphatic heterocycles. The number of likely N-dealkylation sites (N-methyl/N-ethyl adjacent to an activating group) is 1. The van der Waals surface area contributed by atoms with Crippen LogP contribution in [-0.4, -0.2) is 45.9 Å². The summed E-state index contributed by atoms with van der Waals surface area (Å²) >= 11 is 0. The van der Waals surface area contributed by atoms with Gasteiger partial charge in [-0.1, -0.05) is 25.9 Å². The third-order valence-corrected chi connectivity index (χ3v) is 2.71. The number of urea groups is 1. The van der Waals surface area contributed by atoms with Crippen LogP contribution in [-0.2, 0) is 5.41 Å². The minimum atomic E-state index is -0.572. The first-order chi connectivity index (χ1) is 9.11. The molecule has 2 unspecified atom stereocenters. The first kappa shape index (κ1) is 16.4. The van der Waals surface area contributed by atoms with Crippen molar-refractivity contribution in [1.29, 1.82) is 0 Å². The van der Waals surface area contributed by atoms with Crippen molar-refractivity contribution in [3.05, 3.63) is 11.7 Å². The maximum atomic E-state index is 11.9. The lowest BCUT2D eigenvalue weighted by Crippen LogP contribution is -2.41. The van der Waals surface area contributed by atoms with Crippen LogP contribution in [0.3, 0.4) is 0 Å². The van der Waals surface area contributed by atoms with E-state index < -0.39 is 6.10 Å². The van der Waals surface area contributed by atoms with E-state index in [2.05, 4.69) is 15.5 Å². The third-order valence-electron chi connectivity index (χ3n) is 2.71. The Labute approximate surface area is 119 Å². The topological polar surface area (TPSA) is 91.5 Å². The summed E-state index contributed by atoms with van der Waals surface area (Å²) in [4.78, 5) is 17.6. The van der Waals surface area contributed by atoms with Gasteiger partial charge in [-0.2, -0.15) is 4.98 Å². The van der Waals surface area contributed by atoms with Crippen LogP contribution >= 0.6 is 0 Å². The summed E-state index contributed by atoms with van der Waals surface area (Å²) in [7, 11) is 1.61. The van der Waals surface area contributed by atoms with E-state index in [1.807, 2.05) is 20.8 Å². The van der Waals surface area contributed by atoms with E-state index in [0.717, 1.165) is 0 Å². The maximum absolute atomic E-state index is 11.9. The molecule has 7 heteroatoms. The minimum Gasteiger partial charge on any atom is -0.392 e. The number of carbonyl (C=O) groups excluding carboxylic acids is 1. The number of rotatable bonds is 4. The number of carbonyl (C=O) groups is 1. The number of nitrogens with one attached hydrogen (secondary N) is 1. The van der Waals surface area contributed by atoms with E-state index in [4.69, 9.17) is 4.52 Å². The maximum Gasteiger partial charge on any atom is 0.317 e. The second kappa shape index (κ2) is 6.21. The molecule has 20 heavy (non-hydrogen) atoms. The van der Waals surface area contributed by atoms with Gasteiger partial charge in [0.05, 0.1) is 6.10 Å². The Kier molecular flexibility index (Phi) is 5.10. The highest BCUT2D eigenvalue weighted by molar-refractivity contribution is 5.74. The lowest BCUT2D eigenvalue weighted by molar-refractivity contribution is 0.142. The van der Waals surface area contributed by atoms with Crippen LogP contribution < -0.4 is 5.32 Å². The second-order valence-corrected chi connectivity index (χ2v) is 6.11.